The normalized spacial score (nSPS) is 21.2. The summed E-state index contributed by atoms with van der Waals surface area (Å²) in [5, 5.41) is 9.39. The molecule has 1 aromatic rings. The summed E-state index contributed by atoms with van der Waals surface area (Å²) in [6, 6.07) is 3.56. The SMILES string of the molecule is CS(=O)(=O)c1ccc(Cl)c(S(=O)(=O)N2CC[C@@H](O)C2)c1. The highest BCUT2D eigenvalue weighted by molar-refractivity contribution is 7.91. The van der Waals surface area contributed by atoms with Crippen LogP contribution in [-0.4, -0.2) is 51.7 Å². The van der Waals surface area contributed by atoms with Gasteiger partial charge in [-0.3, -0.25) is 0 Å². The monoisotopic (exact) mass is 339 g/mol. The zero-order valence-electron chi connectivity index (χ0n) is 10.7. The molecule has 1 fully saturated rings. The average molecular weight is 340 g/mol. The van der Waals surface area contributed by atoms with Gasteiger partial charge in [0.05, 0.1) is 16.0 Å². The van der Waals surface area contributed by atoms with Crippen LogP contribution in [0.1, 0.15) is 6.42 Å². The second kappa shape index (κ2) is 5.27. The Balaban J connectivity index is 2.52. The number of sulfone groups is 1. The predicted octanol–water partition coefficient (Wildman–Crippen LogP) is 0.499. The zero-order chi connectivity index (χ0) is 15.1. The molecule has 9 heteroatoms. The predicted molar refractivity (Wildman–Crippen MR) is 73.9 cm³/mol. The fraction of sp³-hybridized carbons (Fsp3) is 0.455. The minimum atomic E-state index is -3.91. The first-order valence-electron chi connectivity index (χ1n) is 5.80. The second-order valence-electron chi connectivity index (χ2n) is 4.67. The quantitative estimate of drug-likeness (QED) is 0.865. The first-order valence-corrected chi connectivity index (χ1v) is 9.51. The van der Waals surface area contributed by atoms with Crippen LogP contribution in [0.3, 0.4) is 0 Å². The number of aliphatic hydroxyl groups is 1. The first-order chi connectivity index (χ1) is 9.12. The van der Waals surface area contributed by atoms with Gasteiger partial charge in [-0.1, -0.05) is 11.6 Å². The lowest BCUT2D eigenvalue weighted by atomic mass is 10.3. The maximum absolute atomic E-state index is 12.4. The molecule has 0 aromatic heterocycles. The summed E-state index contributed by atoms with van der Waals surface area (Å²) in [6.07, 6.45) is 0.635. The number of hydrogen-bond donors (Lipinski definition) is 1. The van der Waals surface area contributed by atoms with Gasteiger partial charge in [0.15, 0.2) is 9.84 Å². The smallest absolute Gasteiger partial charge is 0.244 e. The van der Waals surface area contributed by atoms with Crippen LogP contribution in [0.25, 0.3) is 0 Å². The van der Waals surface area contributed by atoms with Crippen LogP contribution < -0.4 is 0 Å². The third-order valence-corrected chi connectivity index (χ3v) is 6.53. The summed E-state index contributed by atoms with van der Waals surface area (Å²) >= 11 is 5.88. The van der Waals surface area contributed by atoms with Crippen LogP contribution in [0.15, 0.2) is 28.0 Å². The zero-order valence-corrected chi connectivity index (χ0v) is 13.0. The van der Waals surface area contributed by atoms with Crippen LogP contribution in [0.2, 0.25) is 5.02 Å². The minimum absolute atomic E-state index is 0.0121. The Kier molecular flexibility index (Phi) is 4.14. The Bertz CT molecular complexity index is 729. The van der Waals surface area contributed by atoms with Gasteiger partial charge >= 0.3 is 0 Å². The molecule has 0 saturated carbocycles. The van der Waals surface area contributed by atoms with Gasteiger partial charge in [0, 0.05) is 19.3 Å². The van der Waals surface area contributed by atoms with Crippen molar-refractivity contribution in [2.75, 3.05) is 19.3 Å². The van der Waals surface area contributed by atoms with E-state index in [-0.39, 0.29) is 27.9 Å². The molecule has 112 valence electrons. The van der Waals surface area contributed by atoms with Gasteiger partial charge in [0.2, 0.25) is 10.0 Å². The van der Waals surface area contributed by atoms with E-state index in [0.717, 1.165) is 16.6 Å². The van der Waals surface area contributed by atoms with Crippen molar-refractivity contribution in [2.24, 2.45) is 0 Å². The standard InChI is InChI=1S/C11H14ClNO5S2/c1-19(15,16)9-2-3-10(12)11(6-9)20(17,18)13-5-4-8(14)7-13/h2-3,6,8,14H,4-5,7H2,1H3/t8-/m1/s1. The average Bonchev–Trinajstić information content (AvgIpc) is 2.75. The Morgan fingerprint density at radius 1 is 1.30 bits per heavy atom. The van der Waals surface area contributed by atoms with Gasteiger partial charge in [0.1, 0.15) is 4.90 Å². The van der Waals surface area contributed by atoms with E-state index >= 15 is 0 Å². The molecule has 1 aromatic carbocycles. The van der Waals surface area contributed by atoms with E-state index in [1.54, 1.807) is 0 Å². The highest BCUT2D eigenvalue weighted by atomic mass is 35.5. The lowest BCUT2D eigenvalue weighted by molar-refractivity contribution is 0.189. The number of benzene rings is 1. The minimum Gasteiger partial charge on any atom is -0.392 e. The highest BCUT2D eigenvalue weighted by Gasteiger charge is 2.33. The summed E-state index contributed by atoms with van der Waals surface area (Å²) < 4.78 is 48.9. The Hall–Kier alpha value is -0.670. The molecule has 1 aliphatic heterocycles. The number of halogens is 1. The van der Waals surface area contributed by atoms with Gasteiger partial charge in [-0.05, 0) is 24.6 Å². The number of sulfonamides is 1. The van der Waals surface area contributed by atoms with Crippen molar-refractivity contribution in [1.29, 1.82) is 0 Å². The topological polar surface area (TPSA) is 91.8 Å². The van der Waals surface area contributed by atoms with Crippen molar-refractivity contribution in [3.8, 4) is 0 Å². The molecule has 1 N–H and O–H groups in total. The number of β-amino-alcohol motifs (C(OH)–C–C–N with tert-alkyl or cyclic N) is 1. The molecular weight excluding hydrogens is 326 g/mol. The Morgan fingerprint density at radius 2 is 1.95 bits per heavy atom. The van der Waals surface area contributed by atoms with Crippen molar-refractivity contribution < 1.29 is 21.9 Å². The molecular formula is C11H14ClNO5S2. The van der Waals surface area contributed by atoms with E-state index in [1.807, 2.05) is 0 Å². The lowest BCUT2D eigenvalue weighted by Gasteiger charge is -2.17. The van der Waals surface area contributed by atoms with Gasteiger partial charge in [0.25, 0.3) is 0 Å². The van der Waals surface area contributed by atoms with E-state index in [9.17, 15) is 21.9 Å². The summed E-state index contributed by atoms with van der Waals surface area (Å²) in [4.78, 5) is -0.364. The van der Waals surface area contributed by atoms with Crippen molar-refractivity contribution in [2.45, 2.75) is 22.3 Å². The number of aliphatic hydroxyl groups excluding tert-OH is 1. The van der Waals surface area contributed by atoms with E-state index in [1.165, 1.54) is 12.1 Å². The summed E-state index contributed by atoms with van der Waals surface area (Å²) in [6.45, 7) is 0.171. The molecule has 1 saturated heterocycles. The molecule has 20 heavy (non-hydrogen) atoms. The van der Waals surface area contributed by atoms with Crippen LogP contribution >= 0.6 is 11.6 Å². The molecule has 0 radical (unpaired) electrons. The summed E-state index contributed by atoms with van der Waals surface area (Å²) in [5.74, 6) is 0. The van der Waals surface area contributed by atoms with Gasteiger partial charge in [-0.25, -0.2) is 16.8 Å². The van der Waals surface area contributed by atoms with Crippen molar-refractivity contribution in [3.63, 3.8) is 0 Å². The molecule has 1 aliphatic rings. The van der Waals surface area contributed by atoms with E-state index < -0.39 is 26.0 Å². The van der Waals surface area contributed by atoms with Crippen LogP contribution in [0.4, 0.5) is 0 Å². The molecule has 0 spiro atoms. The van der Waals surface area contributed by atoms with Crippen LogP contribution in [0.5, 0.6) is 0 Å². The number of nitrogens with zero attached hydrogens (tertiary/aromatic N) is 1. The lowest BCUT2D eigenvalue weighted by Crippen LogP contribution is -2.30. The van der Waals surface area contributed by atoms with Crippen molar-refractivity contribution in [3.05, 3.63) is 23.2 Å². The maximum Gasteiger partial charge on any atom is 0.244 e. The van der Waals surface area contributed by atoms with Gasteiger partial charge in [-0.2, -0.15) is 4.31 Å². The van der Waals surface area contributed by atoms with E-state index in [4.69, 9.17) is 11.6 Å². The molecule has 0 bridgehead atoms. The Morgan fingerprint density at radius 3 is 2.45 bits per heavy atom. The van der Waals surface area contributed by atoms with Crippen molar-refractivity contribution in [1.82, 2.24) is 4.31 Å². The van der Waals surface area contributed by atoms with Crippen molar-refractivity contribution >= 4 is 31.5 Å². The van der Waals surface area contributed by atoms with Crippen LogP contribution in [0, 0.1) is 0 Å². The summed E-state index contributed by atoms with van der Waals surface area (Å²) in [7, 11) is -7.44. The molecule has 0 unspecified atom stereocenters. The molecule has 6 nitrogen and oxygen atoms in total. The Labute approximate surface area is 122 Å². The molecule has 1 heterocycles. The third kappa shape index (κ3) is 2.99. The second-order valence-corrected chi connectivity index (χ2v) is 9.00. The maximum atomic E-state index is 12.4. The molecule has 0 aliphatic carbocycles. The van der Waals surface area contributed by atoms with Gasteiger partial charge in [-0.15, -0.1) is 0 Å². The number of hydrogen-bond acceptors (Lipinski definition) is 5. The fourth-order valence-corrected chi connectivity index (χ4v) is 4.69. The first kappa shape index (κ1) is 15.7. The molecule has 0 amide bonds. The van der Waals surface area contributed by atoms with E-state index in [2.05, 4.69) is 0 Å². The third-order valence-electron chi connectivity index (χ3n) is 3.07. The molecule has 2 rings (SSSR count). The number of rotatable bonds is 3. The molecule has 1 atom stereocenters. The summed E-state index contributed by atoms with van der Waals surface area (Å²) in [5.41, 5.74) is 0. The fourth-order valence-electron chi connectivity index (χ4n) is 1.98. The largest absolute Gasteiger partial charge is 0.392 e. The van der Waals surface area contributed by atoms with E-state index in [0.29, 0.717) is 6.42 Å². The van der Waals surface area contributed by atoms with Crippen LogP contribution in [-0.2, 0) is 19.9 Å². The van der Waals surface area contributed by atoms with Gasteiger partial charge < -0.3 is 5.11 Å². The highest BCUT2D eigenvalue weighted by Crippen LogP contribution is 2.29.